The van der Waals surface area contributed by atoms with Gasteiger partial charge in [-0.15, -0.1) is 0 Å². The van der Waals surface area contributed by atoms with Crippen molar-refractivity contribution in [3.05, 3.63) is 58.7 Å². The van der Waals surface area contributed by atoms with Gasteiger partial charge in [0.15, 0.2) is 0 Å². The van der Waals surface area contributed by atoms with Crippen LogP contribution in [0.15, 0.2) is 30.3 Å². The number of aromatic nitrogens is 1. The summed E-state index contributed by atoms with van der Waals surface area (Å²) in [7, 11) is 0. The molecule has 2 N–H and O–H groups in total. The van der Waals surface area contributed by atoms with Crippen LogP contribution in [0.5, 0.6) is 0 Å². The smallest absolute Gasteiger partial charge is 0.271 e. The van der Waals surface area contributed by atoms with Crippen molar-refractivity contribution >= 4 is 11.8 Å². The van der Waals surface area contributed by atoms with Crippen molar-refractivity contribution in [3.8, 4) is 0 Å². The van der Waals surface area contributed by atoms with Gasteiger partial charge in [0.25, 0.3) is 11.8 Å². The second-order valence-corrected chi connectivity index (χ2v) is 5.66. The number of nitrogens with zero attached hydrogens (tertiary/aromatic N) is 1. The van der Waals surface area contributed by atoms with Crippen LogP contribution in [0.25, 0.3) is 0 Å². The number of hydrogen-bond donors (Lipinski definition) is 2. The SMILES string of the molecule is Cc1cc(C(=O)NNC(=O)c2ccc(F)cc2)c(C)n1C(C)C. The van der Waals surface area contributed by atoms with Gasteiger partial charge < -0.3 is 4.57 Å². The molecule has 0 unspecified atom stereocenters. The second-order valence-electron chi connectivity index (χ2n) is 5.66. The largest absolute Gasteiger partial charge is 0.346 e. The summed E-state index contributed by atoms with van der Waals surface area (Å²) in [4.78, 5) is 24.1. The Morgan fingerprint density at radius 3 is 2.13 bits per heavy atom. The topological polar surface area (TPSA) is 63.1 Å². The average molecular weight is 317 g/mol. The van der Waals surface area contributed by atoms with Gasteiger partial charge in [0, 0.05) is 23.0 Å². The van der Waals surface area contributed by atoms with Gasteiger partial charge in [0.2, 0.25) is 0 Å². The summed E-state index contributed by atoms with van der Waals surface area (Å²) in [6.45, 7) is 7.88. The number of hydrogen-bond acceptors (Lipinski definition) is 2. The molecule has 0 saturated heterocycles. The highest BCUT2D eigenvalue weighted by Gasteiger charge is 2.17. The molecular weight excluding hydrogens is 297 g/mol. The number of amides is 2. The van der Waals surface area contributed by atoms with Crippen molar-refractivity contribution in [2.75, 3.05) is 0 Å². The second kappa shape index (κ2) is 6.64. The maximum absolute atomic E-state index is 12.8. The minimum absolute atomic E-state index is 0.241. The Kier molecular flexibility index (Phi) is 4.83. The van der Waals surface area contributed by atoms with Gasteiger partial charge in [-0.2, -0.15) is 0 Å². The Morgan fingerprint density at radius 1 is 1.04 bits per heavy atom. The maximum Gasteiger partial charge on any atom is 0.271 e. The molecule has 2 rings (SSSR count). The van der Waals surface area contributed by atoms with E-state index in [4.69, 9.17) is 0 Å². The van der Waals surface area contributed by atoms with Crippen LogP contribution in [0, 0.1) is 19.7 Å². The molecule has 0 atom stereocenters. The maximum atomic E-state index is 12.8. The van der Waals surface area contributed by atoms with Crippen molar-refractivity contribution in [1.82, 2.24) is 15.4 Å². The van der Waals surface area contributed by atoms with E-state index in [1.165, 1.54) is 24.3 Å². The monoisotopic (exact) mass is 317 g/mol. The van der Waals surface area contributed by atoms with Crippen LogP contribution >= 0.6 is 0 Å². The number of halogens is 1. The zero-order chi connectivity index (χ0) is 17.1. The Labute approximate surface area is 134 Å². The van der Waals surface area contributed by atoms with Crippen LogP contribution in [0.2, 0.25) is 0 Å². The first-order valence-electron chi connectivity index (χ1n) is 7.36. The zero-order valence-corrected chi connectivity index (χ0v) is 13.6. The predicted molar refractivity (Wildman–Crippen MR) is 85.6 cm³/mol. The number of carbonyl (C=O) groups excluding carboxylic acids is 2. The molecule has 0 radical (unpaired) electrons. The van der Waals surface area contributed by atoms with Crippen molar-refractivity contribution in [3.63, 3.8) is 0 Å². The molecule has 0 aliphatic heterocycles. The van der Waals surface area contributed by atoms with E-state index in [-0.39, 0.29) is 17.5 Å². The molecule has 0 saturated carbocycles. The highest BCUT2D eigenvalue weighted by Crippen LogP contribution is 2.19. The van der Waals surface area contributed by atoms with Gasteiger partial charge in [-0.3, -0.25) is 20.4 Å². The summed E-state index contributed by atoms with van der Waals surface area (Å²) in [5, 5.41) is 0. The van der Waals surface area contributed by atoms with Crippen LogP contribution in [0.4, 0.5) is 4.39 Å². The molecule has 1 heterocycles. The fourth-order valence-corrected chi connectivity index (χ4v) is 2.66. The molecule has 6 heteroatoms. The molecule has 2 aromatic rings. The van der Waals surface area contributed by atoms with Gasteiger partial charge in [0.1, 0.15) is 5.82 Å². The molecular formula is C17H20FN3O2. The first kappa shape index (κ1) is 16.7. The van der Waals surface area contributed by atoms with Crippen molar-refractivity contribution in [1.29, 1.82) is 0 Å². The summed E-state index contributed by atoms with van der Waals surface area (Å²) < 4.78 is 14.9. The normalized spacial score (nSPS) is 10.7. The predicted octanol–water partition coefficient (Wildman–Crippen LogP) is 2.90. The third-order valence-electron chi connectivity index (χ3n) is 3.64. The lowest BCUT2D eigenvalue weighted by Crippen LogP contribution is -2.41. The van der Waals surface area contributed by atoms with E-state index in [0.717, 1.165) is 11.4 Å². The number of rotatable bonds is 3. The lowest BCUT2D eigenvalue weighted by molar-refractivity contribution is 0.0846. The van der Waals surface area contributed by atoms with E-state index in [0.29, 0.717) is 5.56 Å². The third kappa shape index (κ3) is 3.59. The summed E-state index contributed by atoms with van der Waals surface area (Å²) >= 11 is 0. The van der Waals surface area contributed by atoms with Gasteiger partial charge >= 0.3 is 0 Å². The Morgan fingerprint density at radius 2 is 1.61 bits per heavy atom. The van der Waals surface area contributed by atoms with Crippen LogP contribution in [-0.2, 0) is 0 Å². The van der Waals surface area contributed by atoms with E-state index in [2.05, 4.69) is 15.4 Å². The van der Waals surface area contributed by atoms with Gasteiger partial charge in [0.05, 0.1) is 5.56 Å². The molecule has 23 heavy (non-hydrogen) atoms. The van der Waals surface area contributed by atoms with Crippen molar-refractivity contribution < 1.29 is 14.0 Å². The fourth-order valence-electron chi connectivity index (χ4n) is 2.66. The zero-order valence-electron chi connectivity index (χ0n) is 13.6. The summed E-state index contributed by atoms with van der Waals surface area (Å²) in [6, 6.07) is 7.10. The van der Waals surface area contributed by atoms with Gasteiger partial charge in [-0.1, -0.05) is 0 Å². The Balaban J connectivity index is 2.07. The average Bonchev–Trinajstić information content (AvgIpc) is 2.80. The molecule has 0 aliphatic rings. The minimum Gasteiger partial charge on any atom is -0.346 e. The first-order chi connectivity index (χ1) is 10.8. The highest BCUT2D eigenvalue weighted by molar-refractivity contribution is 5.99. The quantitative estimate of drug-likeness (QED) is 0.855. The standard InChI is InChI=1S/C17H20FN3O2/c1-10(2)21-11(3)9-15(12(21)4)17(23)20-19-16(22)13-5-7-14(18)8-6-13/h5-10H,1-4H3,(H,19,22)(H,20,23). The van der Waals surface area contributed by atoms with Crippen molar-refractivity contribution in [2.24, 2.45) is 0 Å². The molecule has 0 fully saturated rings. The fraction of sp³-hybridized carbons (Fsp3) is 0.294. The summed E-state index contributed by atoms with van der Waals surface area (Å²) in [5.74, 6) is -1.32. The number of nitrogens with one attached hydrogen (secondary N) is 2. The number of hydrazine groups is 1. The van der Waals surface area contributed by atoms with E-state index in [1.54, 1.807) is 6.07 Å². The molecule has 2 amide bonds. The third-order valence-corrected chi connectivity index (χ3v) is 3.64. The van der Waals surface area contributed by atoms with E-state index in [9.17, 15) is 14.0 Å². The van der Waals surface area contributed by atoms with E-state index < -0.39 is 11.7 Å². The number of benzene rings is 1. The summed E-state index contributed by atoms with van der Waals surface area (Å²) in [5.41, 5.74) is 7.31. The van der Waals surface area contributed by atoms with Crippen LogP contribution in [0.1, 0.15) is 52.0 Å². The first-order valence-corrected chi connectivity index (χ1v) is 7.36. The molecule has 122 valence electrons. The van der Waals surface area contributed by atoms with E-state index in [1.807, 2.05) is 27.7 Å². The van der Waals surface area contributed by atoms with Gasteiger partial charge in [-0.25, -0.2) is 4.39 Å². The molecule has 1 aromatic carbocycles. The molecule has 0 aliphatic carbocycles. The Bertz CT molecular complexity index is 733. The van der Waals surface area contributed by atoms with Crippen LogP contribution in [0.3, 0.4) is 0 Å². The number of aryl methyl sites for hydroxylation is 1. The lowest BCUT2D eigenvalue weighted by Gasteiger charge is -2.13. The van der Waals surface area contributed by atoms with Crippen LogP contribution < -0.4 is 10.9 Å². The Hall–Kier alpha value is -2.63. The van der Waals surface area contributed by atoms with E-state index >= 15 is 0 Å². The molecule has 1 aromatic heterocycles. The van der Waals surface area contributed by atoms with Crippen molar-refractivity contribution in [2.45, 2.75) is 33.7 Å². The molecule has 0 spiro atoms. The lowest BCUT2D eigenvalue weighted by atomic mass is 10.2. The molecule has 0 bridgehead atoms. The van der Waals surface area contributed by atoms with Crippen LogP contribution in [-0.4, -0.2) is 16.4 Å². The van der Waals surface area contributed by atoms with Gasteiger partial charge in [-0.05, 0) is 58.0 Å². The highest BCUT2D eigenvalue weighted by atomic mass is 19.1. The molecule has 5 nitrogen and oxygen atoms in total. The summed E-state index contributed by atoms with van der Waals surface area (Å²) in [6.07, 6.45) is 0. The minimum atomic E-state index is -0.504. The number of carbonyl (C=O) groups is 2.